The molecule has 0 unspecified atom stereocenters. The van der Waals surface area contributed by atoms with Gasteiger partial charge in [-0.15, -0.1) is 0 Å². The van der Waals surface area contributed by atoms with Crippen LogP contribution in [0.2, 0.25) is 5.02 Å². The summed E-state index contributed by atoms with van der Waals surface area (Å²) < 4.78 is 27.4. The van der Waals surface area contributed by atoms with E-state index in [2.05, 4.69) is 10.3 Å². The van der Waals surface area contributed by atoms with E-state index in [-0.39, 0.29) is 22.6 Å². The maximum atomic E-state index is 14.8. The van der Waals surface area contributed by atoms with Gasteiger partial charge in [0.25, 0.3) is 0 Å². The number of rotatable bonds is 4. The third kappa shape index (κ3) is 5.18. The van der Waals surface area contributed by atoms with E-state index in [0.717, 1.165) is 0 Å². The summed E-state index contributed by atoms with van der Waals surface area (Å²) in [5.41, 5.74) is 0.529. The number of halogens is 2. The molecule has 1 aliphatic rings. The van der Waals surface area contributed by atoms with Crippen LogP contribution in [-0.2, 0) is 9.53 Å². The number of ether oxygens (including phenoxy) is 2. The second-order valence-electron chi connectivity index (χ2n) is 9.50. The molecule has 4 rings (SSSR count). The first kappa shape index (κ1) is 25.6. The second-order valence-corrected chi connectivity index (χ2v) is 9.91. The van der Waals surface area contributed by atoms with Crippen LogP contribution in [0.15, 0.2) is 30.5 Å². The topological polar surface area (TPSA) is 88.4 Å². The number of hydrogen-bond acceptors (Lipinski definition) is 6. The van der Waals surface area contributed by atoms with Crippen molar-refractivity contribution in [3.8, 4) is 16.9 Å². The molecular formula is C25H29ClFN5O4. The van der Waals surface area contributed by atoms with Crippen molar-refractivity contribution in [2.24, 2.45) is 0 Å². The molecule has 3 aromatic rings. The first-order valence-corrected chi connectivity index (χ1v) is 11.9. The minimum Gasteiger partial charge on any atom is -0.496 e. The number of carbonyl (C=O) groups excluding carboxylic acids is 2. The molecule has 0 atom stereocenters. The van der Waals surface area contributed by atoms with Crippen molar-refractivity contribution in [3.63, 3.8) is 0 Å². The van der Waals surface area contributed by atoms with Crippen LogP contribution in [-0.4, -0.2) is 65.2 Å². The zero-order valence-electron chi connectivity index (χ0n) is 20.9. The Balaban J connectivity index is 1.72. The molecule has 0 bridgehead atoms. The Bertz CT molecular complexity index is 1310. The second kappa shape index (κ2) is 9.85. The van der Waals surface area contributed by atoms with Gasteiger partial charge in [-0.05, 0) is 39.0 Å². The predicted octanol–water partition coefficient (Wildman–Crippen LogP) is 4.82. The molecule has 2 aromatic heterocycles. The number of anilines is 2. The summed E-state index contributed by atoms with van der Waals surface area (Å²) in [6.45, 7) is 8.72. The van der Waals surface area contributed by atoms with E-state index in [1.807, 2.05) is 25.7 Å². The molecule has 1 fully saturated rings. The summed E-state index contributed by atoms with van der Waals surface area (Å²) in [6, 6.07) is 6.21. The summed E-state index contributed by atoms with van der Waals surface area (Å²) in [4.78, 5) is 32.7. The van der Waals surface area contributed by atoms with Crippen molar-refractivity contribution in [1.82, 2.24) is 14.3 Å². The Morgan fingerprint density at radius 3 is 2.47 bits per heavy atom. The summed E-state index contributed by atoms with van der Waals surface area (Å²) in [7, 11) is 1.46. The molecule has 1 aliphatic heterocycles. The van der Waals surface area contributed by atoms with Crippen molar-refractivity contribution < 1.29 is 23.5 Å². The molecule has 11 heteroatoms. The largest absolute Gasteiger partial charge is 0.496 e. The highest BCUT2D eigenvalue weighted by Gasteiger charge is 2.29. The van der Waals surface area contributed by atoms with Crippen molar-refractivity contribution in [2.75, 3.05) is 43.5 Å². The number of benzene rings is 1. The Morgan fingerprint density at radius 2 is 1.86 bits per heavy atom. The van der Waals surface area contributed by atoms with Gasteiger partial charge in [0.1, 0.15) is 22.8 Å². The van der Waals surface area contributed by atoms with Crippen LogP contribution in [0, 0.1) is 5.82 Å². The van der Waals surface area contributed by atoms with E-state index in [0.29, 0.717) is 54.8 Å². The molecule has 192 valence electrons. The van der Waals surface area contributed by atoms with E-state index in [1.165, 1.54) is 20.1 Å². The number of imidazole rings is 1. The highest BCUT2D eigenvalue weighted by Crippen LogP contribution is 2.39. The lowest BCUT2D eigenvalue weighted by Gasteiger charge is -2.36. The van der Waals surface area contributed by atoms with E-state index in [1.54, 1.807) is 33.7 Å². The monoisotopic (exact) mass is 517 g/mol. The molecule has 0 aliphatic carbocycles. The van der Waals surface area contributed by atoms with E-state index < -0.39 is 11.4 Å². The van der Waals surface area contributed by atoms with Gasteiger partial charge in [-0.25, -0.2) is 14.2 Å². The Kier molecular flexibility index (Phi) is 6.99. The number of carbonyl (C=O) groups is 2. The van der Waals surface area contributed by atoms with Gasteiger partial charge >= 0.3 is 6.09 Å². The molecule has 1 aromatic carbocycles. The van der Waals surface area contributed by atoms with Crippen molar-refractivity contribution in [2.45, 2.75) is 33.3 Å². The zero-order chi connectivity index (χ0) is 26.2. The average Bonchev–Trinajstić information content (AvgIpc) is 3.13. The maximum absolute atomic E-state index is 14.8. The van der Waals surface area contributed by atoms with Gasteiger partial charge in [0.05, 0.1) is 17.7 Å². The molecule has 2 amide bonds. The highest BCUT2D eigenvalue weighted by atomic mass is 35.5. The maximum Gasteiger partial charge on any atom is 0.410 e. The number of methoxy groups -OCH3 is 1. The minimum absolute atomic E-state index is 0.226. The zero-order valence-corrected chi connectivity index (χ0v) is 21.6. The fraction of sp³-hybridized carbons (Fsp3) is 0.400. The van der Waals surface area contributed by atoms with Gasteiger partial charge in [0.2, 0.25) is 5.91 Å². The van der Waals surface area contributed by atoms with Crippen molar-refractivity contribution >= 4 is 40.9 Å². The number of pyridine rings is 1. The number of aromatic nitrogens is 2. The predicted molar refractivity (Wildman–Crippen MR) is 136 cm³/mol. The van der Waals surface area contributed by atoms with Crippen molar-refractivity contribution in [1.29, 1.82) is 0 Å². The smallest absolute Gasteiger partial charge is 0.410 e. The number of nitrogens with one attached hydrogen (secondary N) is 1. The molecule has 0 spiro atoms. The number of amides is 2. The SMILES string of the molecule is COc1cccc(F)c1-c1cc2nc(NC(C)=O)c(N3CCN(C(=O)OC(C)(C)C)CC3)n2cc1Cl. The van der Waals surface area contributed by atoms with Crippen LogP contribution in [0.25, 0.3) is 16.8 Å². The van der Waals surface area contributed by atoms with E-state index in [9.17, 15) is 14.0 Å². The lowest BCUT2D eigenvalue weighted by molar-refractivity contribution is -0.114. The standard InChI is InChI=1S/C25H29ClFN5O4/c1-15(33)28-22-23(30-9-11-31(12-10-30)24(34)36-25(2,3)4)32-14-17(26)16(13-20(32)29-22)21-18(27)7-6-8-19(21)35-5/h6-8,13-14H,9-12H2,1-5H3,(H,28,33). The summed E-state index contributed by atoms with van der Waals surface area (Å²) in [6.07, 6.45) is 1.28. The summed E-state index contributed by atoms with van der Waals surface area (Å²) in [5.74, 6) is 0.551. The third-order valence-corrected chi connectivity index (χ3v) is 5.98. The average molecular weight is 518 g/mol. The number of nitrogens with zero attached hydrogens (tertiary/aromatic N) is 4. The third-order valence-electron chi connectivity index (χ3n) is 5.68. The Hall–Kier alpha value is -3.53. The fourth-order valence-corrected chi connectivity index (χ4v) is 4.41. The molecule has 0 radical (unpaired) electrons. The van der Waals surface area contributed by atoms with Crippen LogP contribution >= 0.6 is 11.6 Å². The quantitative estimate of drug-likeness (QED) is 0.534. The molecule has 0 saturated carbocycles. The first-order chi connectivity index (χ1) is 17.0. The van der Waals surface area contributed by atoms with Gasteiger partial charge < -0.3 is 24.6 Å². The lowest BCUT2D eigenvalue weighted by Crippen LogP contribution is -2.50. The van der Waals surface area contributed by atoms with Crippen LogP contribution in [0.3, 0.4) is 0 Å². The van der Waals surface area contributed by atoms with Crippen LogP contribution in [0.1, 0.15) is 27.7 Å². The molecular weight excluding hydrogens is 489 g/mol. The van der Waals surface area contributed by atoms with Crippen LogP contribution in [0.5, 0.6) is 5.75 Å². The lowest BCUT2D eigenvalue weighted by atomic mass is 10.0. The first-order valence-electron chi connectivity index (χ1n) is 11.5. The van der Waals surface area contributed by atoms with Crippen LogP contribution in [0.4, 0.5) is 20.8 Å². The molecule has 1 N–H and O–H groups in total. The highest BCUT2D eigenvalue weighted by molar-refractivity contribution is 6.33. The summed E-state index contributed by atoms with van der Waals surface area (Å²) >= 11 is 6.64. The fourth-order valence-electron chi connectivity index (χ4n) is 4.16. The van der Waals surface area contributed by atoms with E-state index >= 15 is 0 Å². The normalized spacial score (nSPS) is 14.2. The molecule has 1 saturated heterocycles. The minimum atomic E-state index is -0.580. The molecule has 3 heterocycles. The number of hydrogen-bond donors (Lipinski definition) is 1. The van der Waals surface area contributed by atoms with Gasteiger partial charge in [0.15, 0.2) is 11.6 Å². The Morgan fingerprint density at radius 1 is 1.17 bits per heavy atom. The van der Waals surface area contributed by atoms with Crippen molar-refractivity contribution in [3.05, 3.63) is 41.3 Å². The van der Waals surface area contributed by atoms with Gasteiger partial charge in [-0.2, -0.15) is 0 Å². The van der Waals surface area contributed by atoms with Gasteiger partial charge in [-0.1, -0.05) is 17.7 Å². The van der Waals surface area contributed by atoms with Crippen LogP contribution < -0.4 is 15.0 Å². The van der Waals surface area contributed by atoms with E-state index in [4.69, 9.17) is 21.1 Å². The molecule has 9 nitrogen and oxygen atoms in total. The van der Waals surface area contributed by atoms with Gasteiger partial charge in [-0.3, -0.25) is 9.20 Å². The Labute approximate surface area is 213 Å². The summed E-state index contributed by atoms with van der Waals surface area (Å²) in [5, 5.41) is 3.06. The number of piperazine rings is 1. The molecule has 36 heavy (non-hydrogen) atoms. The number of fused-ring (bicyclic) bond motifs is 1. The van der Waals surface area contributed by atoms with Gasteiger partial charge in [0, 0.05) is 44.9 Å².